The molecule has 0 aromatic heterocycles. The van der Waals surface area contributed by atoms with E-state index in [0.29, 0.717) is 55.6 Å². The summed E-state index contributed by atoms with van der Waals surface area (Å²) in [7, 11) is 3.11. The van der Waals surface area contributed by atoms with Gasteiger partial charge in [0.15, 0.2) is 23.0 Å². The summed E-state index contributed by atoms with van der Waals surface area (Å²) in [6, 6.07) is 7.46. The van der Waals surface area contributed by atoms with Gasteiger partial charge in [-0.2, -0.15) is 0 Å². The van der Waals surface area contributed by atoms with Gasteiger partial charge in [0.05, 0.1) is 38.3 Å². The maximum absolute atomic E-state index is 12.7. The second kappa shape index (κ2) is 14.1. The Kier molecular flexibility index (Phi) is 10.5. The topological polar surface area (TPSA) is 152 Å². The molecule has 2 amide bonds. The molecule has 2 heterocycles. The fraction of sp³-hybridized carbons (Fsp3) is 0.515. The third-order valence-corrected chi connectivity index (χ3v) is 8.25. The van der Waals surface area contributed by atoms with Gasteiger partial charge in [-0.1, -0.05) is 13.8 Å². The number of benzene rings is 2. The zero-order valence-corrected chi connectivity index (χ0v) is 26.6. The lowest BCUT2D eigenvalue weighted by Crippen LogP contribution is -2.28. The number of hydrogen-bond donors (Lipinski definition) is 2. The minimum absolute atomic E-state index is 0.0593. The number of carboxylic acid groups (broad SMARTS) is 2. The molecule has 2 aromatic rings. The van der Waals surface area contributed by atoms with Gasteiger partial charge in [0.1, 0.15) is 0 Å². The molecule has 2 aliphatic heterocycles. The molecule has 244 valence electrons. The highest BCUT2D eigenvalue weighted by Crippen LogP contribution is 2.38. The Balaban J connectivity index is 1.37. The lowest BCUT2D eigenvalue weighted by molar-refractivity contribution is -0.145. The molecular weight excluding hydrogens is 584 g/mol. The fourth-order valence-corrected chi connectivity index (χ4v) is 5.62. The number of fused-ring (bicyclic) bond motifs is 2. The molecule has 2 aromatic carbocycles. The Morgan fingerprint density at radius 1 is 0.622 bits per heavy atom. The first-order chi connectivity index (χ1) is 21.3. The number of nitrogens with zero attached hydrogens (tertiary/aromatic N) is 2. The third-order valence-electron chi connectivity index (χ3n) is 8.25. The summed E-state index contributed by atoms with van der Waals surface area (Å²) in [5, 5.41) is 18.3. The fourth-order valence-electron chi connectivity index (χ4n) is 5.62. The molecule has 12 heteroatoms. The predicted octanol–water partition coefficient (Wildman–Crippen LogP) is 4.23. The Morgan fingerprint density at radius 3 is 1.22 bits per heavy atom. The summed E-state index contributed by atoms with van der Waals surface area (Å²) in [5.41, 5.74) is 3.71. The molecule has 12 nitrogen and oxygen atoms in total. The molecule has 0 saturated carbocycles. The second-order valence-corrected chi connectivity index (χ2v) is 12.0. The van der Waals surface area contributed by atoms with Crippen LogP contribution in [0.15, 0.2) is 24.3 Å². The van der Waals surface area contributed by atoms with Gasteiger partial charge in [0.2, 0.25) is 11.8 Å². The molecule has 0 fully saturated rings. The van der Waals surface area contributed by atoms with Gasteiger partial charge in [-0.3, -0.25) is 19.2 Å². The standard InChI is InChI=1S/C33H42N2O10/c1-18(32(38)39)7-30(36)34-14-22-10-26(42-5)28(12-24(22)16-34)44-20(3)9-21(4)45-29-13-25-17-35(15-23(25)11-27(29)43-6)31(37)8-19(2)33(40)41/h10-13,18-21H,7-9,14-17H2,1-6H3,(H,38,39)(H,40,41)/t18-,19-,20?,21?/m0/s1. The maximum Gasteiger partial charge on any atom is 0.306 e. The van der Waals surface area contributed by atoms with Crippen LogP contribution in [0.4, 0.5) is 0 Å². The van der Waals surface area contributed by atoms with Crippen LogP contribution in [0, 0.1) is 11.8 Å². The van der Waals surface area contributed by atoms with Crippen molar-refractivity contribution >= 4 is 23.8 Å². The minimum Gasteiger partial charge on any atom is -0.493 e. The summed E-state index contributed by atoms with van der Waals surface area (Å²) in [6.07, 6.45) is -0.137. The van der Waals surface area contributed by atoms with E-state index in [2.05, 4.69) is 0 Å². The molecule has 2 unspecified atom stereocenters. The number of carbonyl (C=O) groups is 4. The summed E-state index contributed by atoms with van der Waals surface area (Å²) in [4.78, 5) is 51.0. The van der Waals surface area contributed by atoms with Crippen molar-refractivity contribution in [3.8, 4) is 23.0 Å². The Bertz CT molecular complexity index is 1350. The molecule has 0 aliphatic carbocycles. The van der Waals surface area contributed by atoms with E-state index < -0.39 is 23.8 Å². The summed E-state index contributed by atoms with van der Waals surface area (Å²) < 4.78 is 23.7. The SMILES string of the molecule is COc1cc2c(cc1OC(C)CC(C)Oc1cc3c(cc1OC)CN(C(=O)C[C@H](C)C(=O)O)C3)CN(C(=O)C[C@H](C)C(=O)O)C2. The molecular formula is C33H42N2O10. The Morgan fingerprint density at radius 2 is 0.933 bits per heavy atom. The number of carbonyl (C=O) groups excluding carboxylic acids is 2. The quantitative estimate of drug-likeness (QED) is 0.312. The van der Waals surface area contributed by atoms with Crippen molar-refractivity contribution in [1.29, 1.82) is 0 Å². The normalized spacial score (nSPS) is 16.2. The van der Waals surface area contributed by atoms with Crippen molar-refractivity contribution in [2.75, 3.05) is 14.2 Å². The van der Waals surface area contributed by atoms with Gasteiger partial charge in [0.25, 0.3) is 0 Å². The Labute approximate surface area is 262 Å². The van der Waals surface area contributed by atoms with Crippen LogP contribution in [0.5, 0.6) is 23.0 Å². The summed E-state index contributed by atoms with van der Waals surface area (Å²) >= 11 is 0. The predicted molar refractivity (Wildman–Crippen MR) is 162 cm³/mol. The second-order valence-electron chi connectivity index (χ2n) is 12.0. The van der Waals surface area contributed by atoms with Crippen LogP contribution in [-0.2, 0) is 45.4 Å². The number of methoxy groups -OCH3 is 2. The van der Waals surface area contributed by atoms with Gasteiger partial charge < -0.3 is 39.0 Å². The number of rotatable bonds is 14. The minimum atomic E-state index is -0.998. The van der Waals surface area contributed by atoms with E-state index in [0.717, 1.165) is 22.3 Å². The number of carboxylic acids is 2. The molecule has 0 spiro atoms. The smallest absolute Gasteiger partial charge is 0.306 e. The number of hydrogen-bond acceptors (Lipinski definition) is 8. The van der Waals surface area contributed by atoms with Gasteiger partial charge in [-0.25, -0.2) is 0 Å². The van der Waals surface area contributed by atoms with Crippen molar-refractivity contribution in [1.82, 2.24) is 9.80 Å². The first-order valence-electron chi connectivity index (χ1n) is 15.0. The monoisotopic (exact) mass is 626 g/mol. The molecule has 2 aliphatic rings. The van der Waals surface area contributed by atoms with Gasteiger partial charge >= 0.3 is 11.9 Å². The lowest BCUT2D eigenvalue weighted by Gasteiger charge is -2.23. The van der Waals surface area contributed by atoms with Crippen LogP contribution in [0.25, 0.3) is 0 Å². The third kappa shape index (κ3) is 7.98. The summed E-state index contributed by atoms with van der Waals surface area (Å²) in [5.74, 6) is -1.76. The first-order valence-corrected chi connectivity index (χ1v) is 15.0. The van der Waals surface area contributed by atoms with E-state index in [1.54, 1.807) is 24.0 Å². The zero-order valence-electron chi connectivity index (χ0n) is 26.6. The molecule has 4 rings (SSSR count). The van der Waals surface area contributed by atoms with Crippen LogP contribution in [-0.4, -0.2) is 70.2 Å². The average Bonchev–Trinajstić information content (AvgIpc) is 3.59. The van der Waals surface area contributed by atoms with Gasteiger partial charge in [-0.05, 0) is 60.4 Å². The highest BCUT2D eigenvalue weighted by Gasteiger charge is 2.30. The van der Waals surface area contributed by atoms with E-state index in [9.17, 15) is 19.2 Å². The molecule has 0 saturated heterocycles. The van der Waals surface area contributed by atoms with Crippen molar-refractivity contribution < 1.29 is 48.3 Å². The Hall–Kier alpha value is -4.48. The first kappa shape index (κ1) is 33.4. The molecule has 0 radical (unpaired) electrons. The largest absolute Gasteiger partial charge is 0.493 e. The molecule has 0 bridgehead atoms. The van der Waals surface area contributed by atoms with E-state index >= 15 is 0 Å². The van der Waals surface area contributed by atoms with Crippen LogP contribution in [0.2, 0.25) is 0 Å². The van der Waals surface area contributed by atoms with E-state index in [1.807, 2.05) is 38.1 Å². The highest BCUT2D eigenvalue weighted by atomic mass is 16.5. The van der Waals surface area contributed by atoms with E-state index in [1.165, 1.54) is 13.8 Å². The molecule has 2 N–H and O–H groups in total. The van der Waals surface area contributed by atoms with Crippen LogP contribution in [0.1, 0.15) is 69.2 Å². The summed E-state index contributed by atoms with van der Waals surface area (Å²) in [6.45, 7) is 8.40. The lowest BCUT2D eigenvalue weighted by atomic mass is 10.1. The van der Waals surface area contributed by atoms with E-state index in [4.69, 9.17) is 29.2 Å². The molecule has 45 heavy (non-hydrogen) atoms. The van der Waals surface area contributed by atoms with Crippen molar-refractivity contribution in [3.05, 3.63) is 46.5 Å². The van der Waals surface area contributed by atoms with Gasteiger partial charge in [0, 0.05) is 45.4 Å². The number of aliphatic carboxylic acids is 2. The average molecular weight is 627 g/mol. The number of amides is 2. The van der Waals surface area contributed by atoms with Crippen LogP contribution in [0.3, 0.4) is 0 Å². The molecule has 4 atom stereocenters. The van der Waals surface area contributed by atoms with Gasteiger partial charge in [-0.15, -0.1) is 0 Å². The van der Waals surface area contributed by atoms with Crippen LogP contribution >= 0.6 is 0 Å². The highest BCUT2D eigenvalue weighted by molar-refractivity contribution is 5.83. The number of ether oxygens (including phenoxy) is 4. The van der Waals surface area contributed by atoms with E-state index in [-0.39, 0.29) is 36.9 Å². The van der Waals surface area contributed by atoms with Crippen molar-refractivity contribution in [2.24, 2.45) is 11.8 Å². The zero-order chi connectivity index (χ0) is 33.0. The van der Waals surface area contributed by atoms with Crippen LogP contribution < -0.4 is 18.9 Å². The van der Waals surface area contributed by atoms with Crippen molar-refractivity contribution in [3.63, 3.8) is 0 Å². The van der Waals surface area contributed by atoms with Crippen molar-refractivity contribution in [2.45, 2.75) is 85.3 Å². The maximum atomic E-state index is 12.7.